The average molecular weight is 334 g/mol. The summed E-state index contributed by atoms with van der Waals surface area (Å²) >= 11 is 5.96. The van der Waals surface area contributed by atoms with Gasteiger partial charge in [0.05, 0.1) is 17.2 Å². The number of sulfonamides is 1. The lowest BCUT2D eigenvalue weighted by Gasteiger charge is -2.22. The summed E-state index contributed by atoms with van der Waals surface area (Å²) in [6.07, 6.45) is 1.58. The van der Waals surface area contributed by atoms with Crippen molar-refractivity contribution in [2.45, 2.75) is 23.8 Å². The molecule has 0 unspecified atom stereocenters. The molecule has 6 nitrogen and oxygen atoms in total. The number of carboxylic acid groups (broad SMARTS) is 1. The minimum atomic E-state index is -3.84. The van der Waals surface area contributed by atoms with Gasteiger partial charge < -0.3 is 9.84 Å². The van der Waals surface area contributed by atoms with Crippen LogP contribution in [0, 0.1) is 0 Å². The summed E-state index contributed by atoms with van der Waals surface area (Å²) in [4.78, 5) is 10.8. The van der Waals surface area contributed by atoms with Crippen molar-refractivity contribution < 1.29 is 23.1 Å². The van der Waals surface area contributed by atoms with Crippen LogP contribution in [0.3, 0.4) is 0 Å². The first-order valence-electron chi connectivity index (χ1n) is 6.41. The number of carboxylic acids is 1. The summed E-state index contributed by atoms with van der Waals surface area (Å²) < 4.78 is 31.7. The largest absolute Gasteiger partial charge is 0.478 e. The predicted octanol–water partition coefficient (Wildman–Crippen LogP) is 1.84. The molecule has 1 aliphatic carbocycles. The second-order valence-corrected chi connectivity index (χ2v) is 7.06. The molecule has 21 heavy (non-hydrogen) atoms. The van der Waals surface area contributed by atoms with Crippen molar-refractivity contribution in [3.05, 3.63) is 28.8 Å². The summed E-state index contributed by atoms with van der Waals surface area (Å²) in [5, 5.41) is 9.01. The monoisotopic (exact) mass is 333 g/mol. The van der Waals surface area contributed by atoms with Gasteiger partial charge in [0, 0.05) is 19.7 Å². The van der Waals surface area contributed by atoms with Gasteiger partial charge in [-0.05, 0) is 31.0 Å². The number of nitrogens with zero attached hydrogens (tertiary/aromatic N) is 1. The van der Waals surface area contributed by atoms with Crippen molar-refractivity contribution in [2.75, 3.05) is 20.3 Å². The van der Waals surface area contributed by atoms with E-state index in [1.807, 2.05) is 0 Å². The highest BCUT2D eigenvalue weighted by Gasteiger charge is 2.38. The molecule has 1 saturated carbocycles. The van der Waals surface area contributed by atoms with Gasteiger partial charge in [-0.25, -0.2) is 13.2 Å². The van der Waals surface area contributed by atoms with Gasteiger partial charge in [0.1, 0.15) is 4.90 Å². The zero-order chi connectivity index (χ0) is 15.6. The molecule has 0 radical (unpaired) electrons. The van der Waals surface area contributed by atoms with E-state index < -0.39 is 16.0 Å². The maximum absolute atomic E-state index is 12.7. The van der Waals surface area contributed by atoms with Crippen LogP contribution in [-0.4, -0.2) is 50.1 Å². The van der Waals surface area contributed by atoms with Gasteiger partial charge in [-0.1, -0.05) is 11.6 Å². The highest BCUT2D eigenvalue weighted by atomic mass is 35.5. The fourth-order valence-corrected chi connectivity index (χ4v) is 4.17. The predicted molar refractivity (Wildman–Crippen MR) is 77.2 cm³/mol. The fourth-order valence-electron chi connectivity index (χ4n) is 2.00. The van der Waals surface area contributed by atoms with E-state index in [9.17, 15) is 13.2 Å². The molecule has 1 aliphatic rings. The first kappa shape index (κ1) is 16.2. The van der Waals surface area contributed by atoms with Crippen molar-refractivity contribution in [1.29, 1.82) is 0 Å². The van der Waals surface area contributed by atoms with Crippen LogP contribution in [-0.2, 0) is 14.8 Å². The number of hydrogen-bond acceptors (Lipinski definition) is 4. The smallest absolute Gasteiger partial charge is 0.335 e. The second kappa shape index (κ2) is 6.31. The quantitative estimate of drug-likeness (QED) is 0.823. The van der Waals surface area contributed by atoms with Crippen LogP contribution in [0.4, 0.5) is 0 Å². The number of halogens is 1. The fraction of sp³-hybridized carbons (Fsp3) is 0.462. The average Bonchev–Trinajstić information content (AvgIpc) is 3.23. The van der Waals surface area contributed by atoms with Gasteiger partial charge in [0.15, 0.2) is 0 Å². The van der Waals surface area contributed by atoms with Crippen LogP contribution >= 0.6 is 11.6 Å². The second-order valence-electron chi connectivity index (χ2n) is 4.79. The van der Waals surface area contributed by atoms with Gasteiger partial charge >= 0.3 is 5.97 Å². The number of carbonyl (C=O) groups is 1. The van der Waals surface area contributed by atoms with E-state index in [4.69, 9.17) is 21.4 Å². The minimum absolute atomic E-state index is 0.0167. The molecule has 1 N–H and O–H groups in total. The van der Waals surface area contributed by atoms with E-state index in [0.29, 0.717) is 0 Å². The number of methoxy groups -OCH3 is 1. The highest BCUT2D eigenvalue weighted by molar-refractivity contribution is 7.89. The molecule has 8 heteroatoms. The molecule has 0 spiro atoms. The molecule has 2 rings (SSSR count). The lowest BCUT2D eigenvalue weighted by Crippen LogP contribution is -2.36. The third kappa shape index (κ3) is 3.55. The molecule has 0 aliphatic heterocycles. The van der Waals surface area contributed by atoms with Crippen molar-refractivity contribution in [1.82, 2.24) is 4.31 Å². The van der Waals surface area contributed by atoms with Crippen LogP contribution in [0.15, 0.2) is 23.1 Å². The maximum Gasteiger partial charge on any atom is 0.335 e. The zero-order valence-electron chi connectivity index (χ0n) is 11.5. The highest BCUT2D eigenvalue weighted by Crippen LogP contribution is 2.34. The molecule has 0 bridgehead atoms. The Morgan fingerprint density at radius 2 is 2.14 bits per heavy atom. The summed E-state index contributed by atoms with van der Waals surface area (Å²) in [6.45, 7) is 0.489. The summed E-state index contributed by atoms with van der Waals surface area (Å²) in [7, 11) is -2.34. The third-order valence-electron chi connectivity index (χ3n) is 3.23. The topological polar surface area (TPSA) is 83.9 Å². The van der Waals surface area contributed by atoms with Crippen LogP contribution < -0.4 is 0 Å². The van der Waals surface area contributed by atoms with Gasteiger partial charge in [-0.3, -0.25) is 0 Å². The van der Waals surface area contributed by atoms with Crippen LogP contribution in [0.1, 0.15) is 23.2 Å². The number of hydrogen-bond donors (Lipinski definition) is 1. The SMILES string of the molecule is COCCN(C1CC1)S(=O)(=O)c1cc(C(=O)O)ccc1Cl. The standard InChI is InChI=1S/C13H16ClNO5S/c1-20-7-6-15(10-3-4-10)21(18,19)12-8-9(13(16)17)2-5-11(12)14/h2,5,8,10H,3-4,6-7H2,1H3,(H,16,17). The number of aromatic carboxylic acids is 1. The third-order valence-corrected chi connectivity index (χ3v) is 5.67. The molecular weight excluding hydrogens is 318 g/mol. The van der Waals surface area contributed by atoms with E-state index in [2.05, 4.69) is 0 Å². The molecule has 1 aromatic carbocycles. The number of rotatable bonds is 7. The van der Waals surface area contributed by atoms with Crippen molar-refractivity contribution in [3.8, 4) is 0 Å². The van der Waals surface area contributed by atoms with Gasteiger partial charge in [-0.15, -0.1) is 0 Å². The summed E-state index contributed by atoms with van der Waals surface area (Å²) in [5.74, 6) is -1.20. The van der Waals surface area contributed by atoms with Crippen molar-refractivity contribution in [2.24, 2.45) is 0 Å². The van der Waals surface area contributed by atoms with Crippen molar-refractivity contribution in [3.63, 3.8) is 0 Å². The Balaban J connectivity index is 2.41. The van der Waals surface area contributed by atoms with E-state index >= 15 is 0 Å². The van der Waals surface area contributed by atoms with Crippen LogP contribution in [0.25, 0.3) is 0 Å². The molecule has 0 heterocycles. The lowest BCUT2D eigenvalue weighted by atomic mass is 10.2. The Labute approximate surface area is 128 Å². The van der Waals surface area contributed by atoms with E-state index in [-0.39, 0.29) is 34.7 Å². The van der Waals surface area contributed by atoms with Crippen LogP contribution in [0.2, 0.25) is 5.02 Å². The molecule has 0 saturated heterocycles. The Morgan fingerprint density at radius 3 is 2.67 bits per heavy atom. The Hall–Kier alpha value is -1.15. The lowest BCUT2D eigenvalue weighted by molar-refractivity contribution is 0.0696. The molecular formula is C13H16ClNO5S. The first-order chi connectivity index (χ1) is 9.87. The summed E-state index contributed by atoms with van der Waals surface area (Å²) in [5.41, 5.74) is -0.111. The Kier molecular flexibility index (Phi) is 4.88. The van der Waals surface area contributed by atoms with E-state index in [0.717, 1.165) is 18.9 Å². The van der Waals surface area contributed by atoms with Crippen LogP contribution in [0.5, 0.6) is 0 Å². The molecule has 1 aromatic rings. The van der Waals surface area contributed by atoms with Gasteiger partial charge in [-0.2, -0.15) is 4.31 Å². The number of benzene rings is 1. The molecule has 0 amide bonds. The van der Waals surface area contributed by atoms with Crippen molar-refractivity contribution >= 4 is 27.6 Å². The van der Waals surface area contributed by atoms with E-state index in [1.54, 1.807) is 0 Å². The Morgan fingerprint density at radius 1 is 1.48 bits per heavy atom. The van der Waals surface area contributed by atoms with Gasteiger partial charge in [0.2, 0.25) is 10.0 Å². The zero-order valence-corrected chi connectivity index (χ0v) is 13.0. The number of ether oxygens (including phenoxy) is 1. The molecule has 0 aromatic heterocycles. The van der Waals surface area contributed by atoms with Gasteiger partial charge in [0.25, 0.3) is 0 Å². The molecule has 1 fully saturated rings. The summed E-state index contributed by atoms with van der Waals surface area (Å²) in [6, 6.07) is 3.61. The minimum Gasteiger partial charge on any atom is -0.478 e. The maximum atomic E-state index is 12.7. The first-order valence-corrected chi connectivity index (χ1v) is 8.23. The van der Waals surface area contributed by atoms with E-state index in [1.165, 1.54) is 23.5 Å². The normalized spacial score (nSPS) is 15.4. The Bertz CT molecular complexity index is 642. The molecule has 116 valence electrons. The molecule has 0 atom stereocenters.